The molecule has 1 saturated heterocycles. The Morgan fingerprint density at radius 3 is 2.67 bits per heavy atom. The molecule has 30 heavy (non-hydrogen) atoms. The summed E-state index contributed by atoms with van der Waals surface area (Å²) < 4.78 is 11.6. The number of aryl methyl sites for hydroxylation is 2. The first-order valence-electron chi connectivity index (χ1n) is 10.9. The van der Waals surface area contributed by atoms with Gasteiger partial charge in [-0.05, 0) is 62.1 Å². The van der Waals surface area contributed by atoms with Crippen molar-refractivity contribution in [1.82, 2.24) is 9.80 Å². The van der Waals surface area contributed by atoms with Crippen molar-refractivity contribution in [2.45, 2.75) is 45.7 Å². The zero-order valence-electron chi connectivity index (χ0n) is 18.3. The third-order valence-corrected chi connectivity index (χ3v) is 6.19. The minimum Gasteiger partial charge on any atom is -0.490 e. The van der Waals surface area contributed by atoms with Crippen LogP contribution in [-0.2, 0) is 11.3 Å². The first kappa shape index (κ1) is 20.7. The van der Waals surface area contributed by atoms with Crippen LogP contribution in [0.5, 0.6) is 11.5 Å². The number of fused-ring (bicyclic) bond motifs is 1. The quantitative estimate of drug-likeness (QED) is 0.741. The Bertz CT molecular complexity index is 911. The van der Waals surface area contributed by atoms with Gasteiger partial charge in [-0.1, -0.05) is 29.8 Å². The minimum absolute atomic E-state index is 0.163. The highest BCUT2D eigenvalue weighted by Gasteiger charge is 2.29. The molecule has 1 fully saturated rings. The molecule has 0 aromatic heterocycles. The molecule has 0 N–H and O–H groups in total. The van der Waals surface area contributed by atoms with E-state index in [0.29, 0.717) is 26.3 Å². The van der Waals surface area contributed by atoms with E-state index >= 15 is 0 Å². The molecule has 5 nitrogen and oxygen atoms in total. The molecule has 2 aromatic carbocycles. The zero-order chi connectivity index (χ0) is 21.1. The maximum absolute atomic E-state index is 13.0. The van der Waals surface area contributed by atoms with Crippen molar-refractivity contribution in [3.8, 4) is 11.5 Å². The van der Waals surface area contributed by atoms with E-state index < -0.39 is 0 Å². The zero-order valence-corrected chi connectivity index (χ0v) is 18.3. The molecule has 0 spiro atoms. The second kappa shape index (κ2) is 9.09. The van der Waals surface area contributed by atoms with E-state index in [1.54, 1.807) is 0 Å². The number of carbonyl (C=O) groups is 1. The first-order valence-corrected chi connectivity index (χ1v) is 10.9. The third kappa shape index (κ3) is 4.62. The topological polar surface area (TPSA) is 42.0 Å². The molecule has 1 atom stereocenters. The highest BCUT2D eigenvalue weighted by molar-refractivity contribution is 5.78. The lowest BCUT2D eigenvalue weighted by Crippen LogP contribution is -2.38. The molecule has 0 aliphatic carbocycles. The number of hydrogen-bond acceptors (Lipinski definition) is 4. The van der Waals surface area contributed by atoms with Crippen LogP contribution in [0.1, 0.15) is 47.6 Å². The van der Waals surface area contributed by atoms with Crippen LogP contribution in [0.2, 0.25) is 0 Å². The van der Waals surface area contributed by atoms with Gasteiger partial charge in [0.15, 0.2) is 11.5 Å². The highest BCUT2D eigenvalue weighted by Crippen LogP contribution is 2.37. The molecule has 1 amide bonds. The van der Waals surface area contributed by atoms with Crippen LogP contribution in [0.4, 0.5) is 0 Å². The maximum Gasteiger partial charge on any atom is 0.236 e. The van der Waals surface area contributed by atoms with E-state index in [2.05, 4.69) is 49.1 Å². The van der Waals surface area contributed by atoms with Crippen LogP contribution in [0, 0.1) is 13.8 Å². The van der Waals surface area contributed by atoms with Crippen molar-refractivity contribution < 1.29 is 14.3 Å². The lowest BCUT2D eigenvalue weighted by Gasteiger charge is -2.27. The Morgan fingerprint density at radius 2 is 1.87 bits per heavy atom. The normalized spacial score (nSPS) is 18.8. The highest BCUT2D eigenvalue weighted by atomic mass is 16.5. The molecule has 2 aliphatic heterocycles. The van der Waals surface area contributed by atoms with Gasteiger partial charge < -0.3 is 14.4 Å². The Morgan fingerprint density at radius 1 is 1.07 bits per heavy atom. The summed E-state index contributed by atoms with van der Waals surface area (Å²) >= 11 is 0. The van der Waals surface area contributed by atoms with E-state index in [-0.39, 0.29) is 11.9 Å². The smallest absolute Gasteiger partial charge is 0.236 e. The summed E-state index contributed by atoms with van der Waals surface area (Å²) in [5.74, 6) is 1.82. The van der Waals surface area contributed by atoms with Gasteiger partial charge in [0.05, 0.1) is 19.8 Å². The third-order valence-electron chi connectivity index (χ3n) is 6.19. The molecule has 5 heteroatoms. The molecule has 2 aliphatic rings. The summed E-state index contributed by atoms with van der Waals surface area (Å²) in [7, 11) is 1.90. The van der Waals surface area contributed by atoms with Crippen molar-refractivity contribution in [1.29, 1.82) is 0 Å². The van der Waals surface area contributed by atoms with Gasteiger partial charge >= 0.3 is 0 Å². The number of carbonyl (C=O) groups excluding carboxylic acids is 1. The van der Waals surface area contributed by atoms with E-state index in [1.807, 2.05) is 18.0 Å². The summed E-state index contributed by atoms with van der Waals surface area (Å²) in [6, 6.07) is 12.9. The van der Waals surface area contributed by atoms with Gasteiger partial charge in [0.1, 0.15) is 0 Å². The van der Waals surface area contributed by atoms with Crippen LogP contribution >= 0.6 is 0 Å². The number of rotatable bonds is 5. The van der Waals surface area contributed by atoms with Gasteiger partial charge in [0, 0.05) is 26.1 Å². The van der Waals surface area contributed by atoms with E-state index in [9.17, 15) is 4.79 Å². The molecule has 0 radical (unpaired) electrons. The number of hydrogen-bond donors (Lipinski definition) is 0. The summed E-state index contributed by atoms with van der Waals surface area (Å²) in [6.07, 6.45) is 3.07. The number of nitrogens with zero attached hydrogens (tertiary/aromatic N) is 2. The molecular formula is C25H32N2O3. The number of ether oxygens (including phenoxy) is 2. The molecule has 0 bridgehead atoms. The van der Waals surface area contributed by atoms with Crippen molar-refractivity contribution >= 4 is 5.91 Å². The molecular weight excluding hydrogens is 376 g/mol. The Hall–Kier alpha value is -2.53. The van der Waals surface area contributed by atoms with Crippen LogP contribution in [0.25, 0.3) is 0 Å². The van der Waals surface area contributed by atoms with Gasteiger partial charge in [-0.25, -0.2) is 0 Å². The SMILES string of the molecule is Cc1ccc(CN(C)C(=O)CN2CCC[C@H]2c2ccc3c(c2)OCCCO3)c(C)c1. The number of likely N-dealkylation sites (N-methyl/N-ethyl adjacent to an activating group) is 1. The van der Waals surface area contributed by atoms with Crippen molar-refractivity contribution in [2.75, 3.05) is 33.4 Å². The van der Waals surface area contributed by atoms with E-state index in [0.717, 1.165) is 37.3 Å². The minimum atomic E-state index is 0.163. The second-order valence-corrected chi connectivity index (χ2v) is 8.56. The van der Waals surface area contributed by atoms with Gasteiger partial charge in [0.2, 0.25) is 5.91 Å². The van der Waals surface area contributed by atoms with Gasteiger partial charge in [-0.2, -0.15) is 0 Å². The largest absolute Gasteiger partial charge is 0.490 e. The number of likely N-dealkylation sites (tertiary alicyclic amines) is 1. The molecule has 160 valence electrons. The standard InChI is InChI=1S/C25H32N2O3/c1-18-7-8-21(19(2)14-18)16-26(3)25(28)17-27-11-4-6-22(27)20-9-10-23-24(15-20)30-13-5-12-29-23/h7-10,14-15,22H,4-6,11-13,16-17H2,1-3H3/t22-/m0/s1. The average Bonchev–Trinajstić information content (AvgIpc) is 3.05. The molecule has 4 rings (SSSR count). The predicted octanol–water partition coefficient (Wildman–Crippen LogP) is 4.26. The Labute approximate surface area is 179 Å². The second-order valence-electron chi connectivity index (χ2n) is 8.56. The van der Waals surface area contributed by atoms with E-state index in [1.165, 1.54) is 22.3 Å². The number of amides is 1. The fourth-order valence-electron chi connectivity index (χ4n) is 4.44. The summed E-state index contributed by atoms with van der Waals surface area (Å²) in [6.45, 7) is 7.63. The lowest BCUT2D eigenvalue weighted by atomic mass is 10.0. The Kier molecular flexibility index (Phi) is 6.28. The van der Waals surface area contributed by atoms with Crippen LogP contribution in [-0.4, -0.2) is 49.1 Å². The van der Waals surface area contributed by atoms with Gasteiger partial charge in [0.25, 0.3) is 0 Å². The predicted molar refractivity (Wildman–Crippen MR) is 118 cm³/mol. The van der Waals surface area contributed by atoms with Gasteiger partial charge in [-0.3, -0.25) is 9.69 Å². The fourth-order valence-corrected chi connectivity index (χ4v) is 4.44. The molecule has 2 aromatic rings. The van der Waals surface area contributed by atoms with Crippen LogP contribution in [0.15, 0.2) is 36.4 Å². The maximum atomic E-state index is 13.0. The van der Waals surface area contributed by atoms with Crippen molar-refractivity contribution in [3.63, 3.8) is 0 Å². The first-order chi connectivity index (χ1) is 14.5. The Balaban J connectivity index is 1.42. The summed E-state index contributed by atoms with van der Waals surface area (Å²) in [4.78, 5) is 17.1. The summed E-state index contributed by atoms with van der Waals surface area (Å²) in [5.41, 5.74) is 4.90. The molecule has 0 saturated carbocycles. The summed E-state index contributed by atoms with van der Waals surface area (Å²) in [5, 5.41) is 0. The lowest BCUT2D eigenvalue weighted by molar-refractivity contribution is -0.131. The fraction of sp³-hybridized carbons (Fsp3) is 0.480. The van der Waals surface area contributed by atoms with Crippen molar-refractivity contribution in [3.05, 3.63) is 58.7 Å². The van der Waals surface area contributed by atoms with Crippen LogP contribution < -0.4 is 9.47 Å². The average molecular weight is 409 g/mol. The van der Waals surface area contributed by atoms with Crippen molar-refractivity contribution in [2.24, 2.45) is 0 Å². The molecule has 0 unspecified atom stereocenters. The van der Waals surface area contributed by atoms with Gasteiger partial charge in [-0.15, -0.1) is 0 Å². The molecule has 2 heterocycles. The number of benzene rings is 2. The van der Waals surface area contributed by atoms with E-state index in [4.69, 9.17) is 9.47 Å². The van der Waals surface area contributed by atoms with Crippen LogP contribution in [0.3, 0.4) is 0 Å². The monoisotopic (exact) mass is 408 g/mol.